The molecule has 0 aromatic heterocycles. The number of carbonyl (C=O) groups excluding carboxylic acids is 2. The molecule has 0 unspecified atom stereocenters. The van der Waals surface area contributed by atoms with Gasteiger partial charge in [-0.2, -0.15) is 0 Å². The van der Waals surface area contributed by atoms with E-state index in [1.54, 1.807) is 12.1 Å². The molecule has 2 fully saturated rings. The van der Waals surface area contributed by atoms with Gasteiger partial charge in [-0.25, -0.2) is 24.0 Å². The fraction of sp³-hybridized carbons (Fsp3) is 0.333. The Balaban J connectivity index is 1.37. The topological polar surface area (TPSA) is 71.1 Å². The van der Waals surface area contributed by atoms with Crippen LogP contribution in [0.25, 0.3) is 0 Å². The van der Waals surface area contributed by atoms with Crippen LogP contribution < -0.4 is 5.32 Å². The molecule has 0 spiro atoms. The monoisotopic (exact) mass is 435 g/mol. The molecule has 0 bridgehead atoms. The first-order chi connectivity index (χ1) is 15.5. The highest BCUT2D eigenvalue weighted by molar-refractivity contribution is 5.80. The standard InChI is InChI=1S/C24H22FN3O4/c1-24-9-10-31-23(30)28(24)27(22(29)32-13-14-5-3-2-4-6-14)21-18(24)12-17-16-11-15(25)7-8-19(16)26-20(17)21/h2-8,11-12,17,20-21,26H,9-10,13H2,1H3/t17-,20+,21+,24-/m0/s1. The molecule has 3 heterocycles. The lowest BCUT2D eigenvalue weighted by molar-refractivity contribution is -0.0727. The highest BCUT2D eigenvalue weighted by atomic mass is 19.1. The minimum absolute atomic E-state index is 0.0918. The van der Waals surface area contributed by atoms with Crippen molar-refractivity contribution in [3.05, 3.63) is 77.1 Å². The summed E-state index contributed by atoms with van der Waals surface area (Å²) in [5.74, 6) is -0.392. The van der Waals surface area contributed by atoms with Gasteiger partial charge in [-0.05, 0) is 41.8 Å². The van der Waals surface area contributed by atoms with Crippen LogP contribution in [0.5, 0.6) is 0 Å². The largest absolute Gasteiger partial charge is 0.448 e. The number of ether oxygens (including phenoxy) is 2. The molecular formula is C24H22FN3O4. The average Bonchev–Trinajstić information content (AvgIpc) is 3.40. The van der Waals surface area contributed by atoms with Crippen molar-refractivity contribution in [2.24, 2.45) is 0 Å². The summed E-state index contributed by atoms with van der Waals surface area (Å²) in [5, 5.41) is 6.25. The van der Waals surface area contributed by atoms with Crippen molar-refractivity contribution in [2.45, 2.75) is 43.5 Å². The first kappa shape index (κ1) is 19.2. The van der Waals surface area contributed by atoms with Crippen molar-refractivity contribution in [2.75, 3.05) is 11.9 Å². The summed E-state index contributed by atoms with van der Waals surface area (Å²) in [7, 11) is 0. The second-order valence-corrected chi connectivity index (χ2v) is 8.83. The number of hydrogen-bond acceptors (Lipinski definition) is 5. The maximum atomic E-state index is 14.0. The Kier molecular flexibility index (Phi) is 4.02. The van der Waals surface area contributed by atoms with Gasteiger partial charge in [-0.15, -0.1) is 0 Å². The van der Waals surface area contributed by atoms with E-state index in [1.165, 1.54) is 16.1 Å². The maximum Gasteiger partial charge on any atom is 0.429 e. The van der Waals surface area contributed by atoms with Gasteiger partial charge in [-0.1, -0.05) is 36.4 Å². The van der Waals surface area contributed by atoms with E-state index < -0.39 is 23.8 Å². The summed E-state index contributed by atoms with van der Waals surface area (Å²) < 4.78 is 24.9. The molecule has 2 aromatic carbocycles. The number of halogens is 1. The Labute approximate surface area is 184 Å². The molecular weight excluding hydrogens is 413 g/mol. The smallest absolute Gasteiger partial charge is 0.429 e. The number of hydrazine groups is 1. The zero-order chi connectivity index (χ0) is 22.0. The van der Waals surface area contributed by atoms with Gasteiger partial charge in [0, 0.05) is 18.0 Å². The van der Waals surface area contributed by atoms with Gasteiger partial charge in [-0.3, -0.25) is 0 Å². The van der Waals surface area contributed by atoms with Crippen LogP contribution in [-0.2, 0) is 16.1 Å². The highest BCUT2D eigenvalue weighted by Crippen LogP contribution is 2.55. The fourth-order valence-corrected chi connectivity index (χ4v) is 5.54. The molecule has 164 valence electrons. The number of fused-ring (bicyclic) bond motifs is 7. The molecule has 4 atom stereocenters. The van der Waals surface area contributed by atoms with E-state index in [-0.39, 0.29) is 31.0 Å². The number of rotatable bonds is 2. The number of nitrogens with zero attached hydrogens (tertiary/aromatic N) is 2. The van der Waals surface area contributed by atoms with Gasteiger partial charge in [0.1, 0.15) is 18.5 Å². The van der Waals surface area contributed by atoms with E-state index in [9.17, 15) is 14.0 Å². The number of cyclic esters (lactones) is 1. The predicted octanol–water partition coefficient (Wildman–Crippen LogP) is 4.18. The number of benzene rings is 2. The summed E-state index contributed by atoms with van der Waals surface area (Å²) in [6.45, 7) is 2.32. The van der Waals surface area contributed by atoms with E-state index in [0.29, 0.717) is 6.42 Å². The fourth-order valence-electron chi connectivity index (χ4n) is 5.54. The van der Waals surface area contributed by atoms with Crippen molar-refractivity contribution in [3.8, 4) is 0 Å². The predicted molar refractivity (Wildman–Crippen MR) is 113 cm³/mol. The Morgan fingerprint density at radius 1 is 1.28 bits per heavy atom. The molecule has 0 saturated carbocycles. The molecule has 7 nitrogen and oxygen atoms in total. The molecule has 1 aliphatic carbocycles. The summed E-state index contributed by atoms with van der Waals surface area (Å²) in [4.78, 5) is 26.2. The Hall–Kier alpha value is -3.55. The van der Waals surface area contributed by atoms with E-state index in [0.717, 1.165) is 22.4 Å². The third-order valence-corrected chi connectivity index (χ3v) is 7.05. The van der Waals surface area contributed by atoms with Crippen molar-refractivity contribution < 1.29 is 23.5 Å². The first-order valence-electron chi connectivity index (χ1n) is 10.7. The Bertz CT molecular complexity index is 1150. The zero-order valence-corrected chi connectivity index (χ0v) is 17.5. The molecule has 6 rings (SSSR count). The van der Waals surface area contributed by atoms with Crippen LogP contribution in [-0.4, -0.2) is 46.4 Å². The maximum absolute atomic E-state index is 14.0. The van der Waals surface area contributed by atoms with Crippen LogP contribution in [0.15, 0.2) is 60.2 Å². The van der Waals surface area contributed by atoms with Crippen LogP contribution in [0.2, 0.25) is 0 Å². The molecule has 2 amide bonds. The van der Waals surface area contributed by atoms with Gasteiger partial charge < -0.3 is 14.8 Å². The molecule has 2 saturated heterocycles. The van der Waals surface area contributed by atoms with Crippen molar-refractivity contribution in [1.29, 1.82) is 0 Å². The quantitative estimate of drug-likeness (QED) is 0.717. The van der Waals surface area contributed by atoms with E-state index in [1.807, 2.05) is 37.3 Å². The van der Waals surface area contributed by atoms with Gasteiger partial charge in [0.05, 0.1) is 18.2 Å². The zero-order valence-electron chi connectivity index (χ0n) is 17.5. The molecule has 1 N–H and O–H groups in total. The number of nitrogens with one attached hydrogen (secondary N) is 1. The van der Waals surface area contributed by atoms with E-state index in [4.69, 9.17) is 9.47 Å². The first-order valence-corrected chi connectivity index (χ1v) is 10.7. The summed E-state index contributed by atoms with van der Waals surface area (Å²) >= 11 is 0. The Morgan fingerprint density at radius 2 is 2.09 bits per heavy atom. The lowest BCUT2D eigenvalue weighted by atomic mass is 9.86. The van der Waals surface area contributed by atoms with Gasteiger partial charge in [0.15, 0.2) is 0 Å². The van der Waals surface area contributed by atoms with Crippen LogP contribution >= 0.6 is 0 Å². The van der Waals surface area contributed by atoms with Crippen molar-refractivity contribution in [1.82, 2.24) is 10.0 Å². The molecule has 2 aromatic rings. The van der Waals surface area contributed by atoms with Gasteiger partial charge in [0.2, 0.25) is 0 Å². The SMILES string of the molecule is C[C@@]12CCOC(=O)N1N(C(=O)OCc1ccccc1)[C@@H]1C2=C[C@H]2c3cc(F)ccc3N[C@@H]12. The Morgan fingerprint density at radius 3 is 2.91 bits per heavy atom. The number of carbonyl (C=O) groups is 2. The van der Waals surface area contributed by atoms with Gasteiger partial charge >= 0.3 is 12.2 Å². The minimum atomic E-state index is -0.703. The molecule has 8 heteroatoms. The molecule has 4 aliphatic rings. The van der Waals surface area contributed by atoms with Crippen LogP contribution in [0.4, 0.5) is 19.7 Å². The van der Waals surface area contributed by atoms with Crippen molar-refractivity contribution in [3.63, 3.8) is 0 Å². The van der Waals surface area contributed by atoms with Crippen LogP contribution in [0.3, 0.4) is 0 Å². The number of anilines is 1. The molecule has 0 radical (unpaired) electrons. The average molecular weight is 435 g/mol. The third kappa shape index (κ3) is 2.58. The summed E-state index contributed by atoms with van der Waals surface area (Å²) in [6.07, 6.45) is 1.46. The summed E-state index contributed by atoms with van der Waals surface area (Å²) in [6, 6.07) is 13.4. The number of hydrogen-bond donors (Lipinski definition) is 1. The summed E-state index contributed by atoms with van der Waals surface area (Å²) in [5.41, 5.74) is 2.81. The van der Waals surface area contributed by atoms with Crippen LogP contribution in [0, 0.1) is 5.82 Å². The minimum Gasteiger partial charge on any atom is -0.448 e. The highest BCUT2D eigenvalue weighted by Gasteiger charge is 2.64. The van der Waals surface area contributed by atoms with E-state index in [2.05, 4.69) is 11.4 Å². The van der Waals surface area contributed by atoms with Crippen molar-refractivity contribution >= 4 is 17.9 Å². The second-order valence-electron chi connectivity index (χ2n) is 8.83. The lowest BCUT2D eigenvalue weighted by Crippen LogP contribution is -2.59. The third-order valence-electron chi connectivity index (χ3n) is 7.05. The molecule has 32 heavy (non-hydrogen) atoms. The molecule has 3 aliphatic heterocycles. The normalized spacial score (nSPS) is 29.4. The number of amides is 2. The van der Waals surface area contributed by atoms with E-state index >= 15 is 0 Å². The lowest BCUT2D eigenvalue weighted by Gasteiger charge is -2.41. The van der Waals surface area contributed by atoms with Gasteiger partial charge in [0.25, 0.3) is 0 Å². The second kappa shape index (κ2) is 6.72. The van der Waals surface area contributed by atoms with Crippen LogP contribution in [0.1, 0.15) is 30.4 Å².